The van der Waals surface area contributed by atoms with Crippen LogP contribution in [0.5, 0.6) is 0 Å². The van der Waals surface area contributed by atoms with Gasteiger partial charge in [-0.2, -0.15) is 17.0 Å². The molecule has 8 heteroatoms. The number of amides is 2. The molecule has 0 aliphatic carbocycles. The lowest BCUT2D eigenvalue weighted by Crippen LogP contribution is -2.61. The first-order chi connectivity index (χ1) is 16.0. The van der Waals surface area contributed by atoms with Crippen molar-refractivity contribution < 1.29 is 4.79 Å². The van der Waals surface area contributed by atoms with E-state index in [1.807, 2.05) is 18.2 Å². The summed E-state index contributed by atoms with van der Waals surface area (Å²) in [5, 5.41) is 16.2. The number of nitrogens with zero attached hydrogens (tertiary/aromatic N) is 3. The lowest BCUT2D eigenvalue weighted by Gasteiger charge is -2.35. The number of hydrogen-bond acceptors (Lipinski definition) is 5. The van der Waals surface area contributed by atoms with Gasteiger partial charge in [0.25, 0.3) is 0 Å². The van der Waals surface area contributed by atoms with Crippen LogP contribution < -0.4 is 20.0 Å². The van der Waals surface area contributed by atoms with Crippen LogP contribution in [0.25, 0.3) is 11.1 Å². The number of nitriles is 1. The smallest absolute Gasteiger partial charge is 0.369 e. The molecule has 174 valence electrons. The van der Waals surface area contributed by atoms with Crippen molar-refractivity contribution in [3.63, 3.8) is 0 Å². The molecular weight excluding hydrogens is 454 g/mol. The molecule has 2 unspecified atom stereocenters. The number of urea groups is 1. The van der Waals surface area contributed by atoms with Crippen molar-refractivity contribution in [1.82, 2.24) is 15.1 Å². The fraction of sp³-hybridized carbons (Fsp3) is 0.440. The first-order valence-corrected chi connectivity index (χ1v) is 13.1. The summed E-state index contributed by atoms with van der Waals surface area (Å²) in [6, 6.07) is 16.5. The Balaban J connectivity index is 1.70. The molecule has 33 heavy (non-hydrogen) atoms. The highest BCUT2D eigenvalue weighted by atomic mass is 35.5. The summed E-state index contributed by atoms with van der Waals surface area (Å²) in [5.74, 6) is 0. The Morgan fingerprint density at radius 1 is 1.24 bits per heavy atom. The molecule has 2 N–H and O–H groups in total. The van der Waals surface area contributed by atoms with Gasteiger partial charge in [-0.3, -0.25) is 5.32 Å². The molecule has 2 aromatic rings. The predicted octanol–water partition coefficient (Wildman–Crippen LogP) is 4.48. The molecule has 6 nitrogen and oxygen atoms in total. The van der Waals surface area contributed by atoms with Crippen LogP contribution in [0.2, 0.25) is 5.02 Å². The van der Waals surface area contributed by atoms with Crippen molar-refractivity contribution in [2.45, 2.75) is 24.6 Å². The molecule has 0 spiro atoms. The van der Waals surface area contributed by atoms with Gasteiger partial charge in [0.05, 0.1) is 11.3 Å². The van der Waals surface area contributed by atoms with E-state index in [-0.39, 0.29) is 23.1 Å². The topological polar surface area (TPSA) is 68.2 Å². The van der Waals surface area contributed by atoms with Crippen molar-refractivity contribution in [2.75, 3.05) is 50.4 Å². The van der Waals surface area contributed by atoms with Gasteiger partial charge in [-0.15, -0.1) is 0 Å². The van der Waals surface area contributed by atoms with Gasteiger partial charge in [-0.25, -0.2) is 9.28 Å². The van der Waals surface area contributed by atoms with E-state index in [1.165, 1.54) is 5.69 Å². The summed E-state index contributed by atoms with van der Waals surface area (Å²) < 4.78 is 0.124. The molecule has 2 aliphatic rings. The number of halogens is 1. The number of benzene rings is 2. The highest BCUT2D eigenvalue weighted by molar-refractivity contribution is 7.99. The number of carbonyl (C=O) groups excluding carboxylic acids is 1. The number of quaternary nitrogens is 1. The fourth-order valence-corrected chi connectivity index (χ4v) is 6.20. The summed E-state index contributed by atoms with van der Waals surface area (Å²) in [6.45, 7) is 6.78. The van der Waals surface area contributed by atoms with E-state index in [9.17, 15) is 4.79 Å². The minimum absolute atomic E-state index is 0.0136. The summed E-state index contributed by atoms with van der Waals surface area (Å²) in [4.78, 5) is 15.8. The van der Waals surface area contributed by atoms with E-state index in [4.69, 9.17) is 16.9 Å². The largest absolute Gasteiger partial charge is 0.422 e. The number of thioether (sulfide) groups is 1. The Kier molecular flexibility index (Phi) is 7.50. The van der Waals surface area contributed by atoms with Crippen LogP contribution in [0.4, 0.5) is 16.2 Å². The van der Waals surface area contributed by atoms with Gasteiger partial charge in [0.1, 0.15) is 24.2 Å². The van der Waals surface area contributed by atoms with E-state index in [2.05, 4.69) is 59.0 Å². The third-order valence-corrected chi connectivity index (χ3v) is 8.25. The van der Waals surface area contributed by atoms with Crippen molar-refractivity contribution in [1.29, 1.82) is 5.26 Å². The number of piperazine rings is 1. The second-order valence-corrected chi connectivity index (χ2v) is 10.3. The summed E-state index contributed by atoms with van der Waals surface area (Å²) in [5.41, 5.74) is 4.16. The SMILES string of the molecule is CS[C@H]1CC(C)[N+](C(=O)NCC#N)(c2cc(-c3ccc(N4CCNCC4)cc3)ccc2Cl)C1. The van der Waals surface area contributed by atoms with Gasteiger partial charge in [0.15, 0.2) is 5.69 Å². The van der Waals surface area contributed by atoms with Gasteiger partial charge in [-0.1, -0.05) is 29.8 Å². The number of nitrogens with one attached hydrogen (secondary N) is 2. The van der Waals surface area contributed by atoms with Crippen LogP contribution in [0.1, 0.15) is 13.3 Å². The summed E-state index contributed by atoms with van der Waals surface area (Å²) >= 11 is 8.52. The zero-order valence-corrected chi connectivity index (χ0v) is 20.8. The number of rotatable bonds is 5. The van der Waals surface area contributed by atoms with Crippen molar-refractivity contribution >= 4 is 40.8 Å². The molecule has 0 aromatic heterocycles. The standard InChI is InChI=1S/C25H30ClN5OS/c1-18-15-22(33-2)17-31(18,25(32)29-10-9-27)24-16-20(5-8-23(24)26)19-3-6-21(7-4-19)30-13-11-28-12-14-30/h3-8,16,18,22,28H,10-15,17H2,1-2H3/p+1/t18?,22-,31?/m0/s1. The third kappa shape index (κ3) is 4.71. The van der Waals surface area contributed by atoms with Crippen LogP contribution in [0.15, 0.2) is 42.5 Å². The number of hydrogen-bond donors (Lipinski definition) is 2. The highest BCUT2D eigenvalue weighted by Gasteiger charge is 2.53. The minimum atomic E-state index is -0.159. The van der Waals surface area contributed by atoms with Crippen molar-refractivity contribution in [2.24, 2.45) is 0 Å². The molecule has 2 aliphatic heterocycles. The monoisotopic (exact) mass is 484 g/mol. The Hall–Kier alpha value is -2.24. The van der Waals surface area contributed by atoms with Gasteiger partial charge in [0, 0.05) is 44.4 Å². The molecule has 2 heterocycles. The summed E-state index contributed by atoms with van der Waals surface area (Å²) in [7, 11) is 0. The van der Waals surface area contributed by atoms with Gasteiger partial charge in [0.2, 0.25) is 0 Å². The normalized spacial score (nSPS) is 25.0. The number of carbonyl (C=O) groups is 1. The average Bonchev–Trinajstić information content (AvgIpc) is 3.20. The van der Waals surface area contributed by atoms with E-state index in [0.717, 1.165) is 49.4 Å². The highest BCUT2D eigenvalue weighted by Crippen LogP contribution is 2.43. The lowest BCUT2D eigenvalue weighted by molar-refractivity contribution is 0.197. The molecule has 2 fully saturated rings. The predicted molar refractivity (Wildman–Crippen MR) is 139 cm³/mol. The van der Waals surface area contributed by atoms with Crippen LogP contribution in [-0.2, 0) is 0 Å². The first-order valence-electron chi connectivity index (χ1n) is 11.4. The first kappa shape index (κ1) is 23.9. The maximum Gasteiger partial charge on any atom is 0.422 e. The lowest BCUT2D eigenvalue weighted by atomic mass is 10.0. The zero-order chi connectivity index (χ0) is 23.4. The molecule has 0 saturated carbocycles. The van der Waals surface area contributed by atoms with E-state index in [1.54, 1.807) is 11.8 Å². The molecule has 2 amide bonds. The van der Waals surface area contributed by atoms with Crippen LogP contribution in [0.3, 0.4) is 0 Å². The molecule has 4 rings (SSSR count). The maximum atomic E-state index is 13.4. The van der Waals surface area contributed by atoms with E-state index >= 15 is 0 Å². The molecular formula is C25H31ClN5OS+. The van der Waals surface area contributed by atoms with Gasteiger partial charge < -0.3 is 10.2 Å². The third-order valence-electron chi connectivity index (χ3n) is 6.92. The average molecular weight is 485 g/mol. The minimum Gasteiger partial charge on any atom is -0.369 e. The molecule has 2 aromatic carbocycles. The Morgan fingerprint density at radius 2 is 1.94 bits per heavy atom. The van der Waals surface area contributed by atoms with Crippen molar-refractivity contribution in [3.8, 4) is 17.2 Å². The van der Waals surface area contributed by atoms with Crippen molar-refractivity contribution in [3.05, 3.63) is 47.5 Å². The van der Waals surface area contributed by atoms with Gasteiger partial charge >= 0.3 is 6.03 Å². The second kappa shape index (κ2) is 10.4. The second-order valence-electron chi connectivity index (χ2n) is 8.76. The Morgan fingerprint density at radius 3 is 2.58 bits per heavy atom. The number of likely N-dealkylation sites (tertiary alicyclic amines) is 1. The maximum absolute atomic E-state index is 13.4. The molecule has 2 saturated heterocycles. The molecule has 0 radical (unpaired) electrons. The van der Waals surface area contributed by atoms with Gasteiger partial charge in [-0.05, 0) is 42.5 Å². The Bertz CT molecular complexity index is 1030. The molecule has 3 atom stereocenters. The Labute approximate surface area is 205 Å². The quantitative estimate of drug-likeness (QED) is 0.483. The zero-order valence-electron chi connectivity index (χ0n) is 19.2. The fourth-order valence-electron chi connectivity index (χ4n) is 5.08. The number of anilines is 1. The molecule has 0 bridgehead atoms. The van der Waals surface area contributed by atoms with Crippen LogP contribution >= 0.6 is 23.4 Å². The summed E-state index contributed by atoms with van der Waals surface area (Å²) in [6.07, 6.45) is 3.00. The van der Waals surface area contributed by atoms with E-state index in [0.29, 0.717) is 16.8 Å². The van der Waals surface area contributed by atoms with Crippen LogP contribution in [-0.4, -0.2) is 62.8 Å². The van der Waals surface area contributed by atoms with E-state index < -0.39 is 0 Å². The van der Waals surface area contributed by atoms with Crippen LogP contribution in [0, 0.1) is 11.3 Å².